The Hall–Kier alpha value is -4.24. The zero-order valence-electron chi connectivity index (χ0n) is 21.6. The maximum Gasteiger partial charge on any atom is 0.255 e. The van der Waals surface area contributed by atoms with E-state index in [-0.39, 0.29) is 11.8 Å². The maximum atomic E-state index is 13.4. The first-order valence-corrected chi connectivity index (χ1v) is 11.8. The molecule has 3 N–H and O–H groups in total. The van der Waals surface area contributed by atoms with Crippen molar-refractivity contribution in [2.45, 2.75) is 13.0 Å². The average molecular weight is 508 g/mol. The summed E-state index contributed by atoms with van der Waals surface area (Å²) in [6, 6.07) is 17.4. The van der Waals surface area contributed by atoms with Gasteiger partial charge in [0.25, 0.3) is 11.8 Å². The van der Waals surface area contributed by atoms with Crippen LogP contribution < -0.4 is 30.0 Å². The van der Waals surface area contributed by atoms with Crippen molar-refractivity contribution in [3.63, 3.8) is 0 Å². The maximum absolute atomic E-state index is 13.4. The minimum Gasteiger partial charge on any atom is -0.493 e. The molecule has 0 saturated carbocycles. The van der Waals surface area contributed by atoms with E-state index >= 15 is 0 Å². The molecule has 9 heteroatoms. The second-order valence-electron chi connectivity index (χ2n) is 8.16. The summed E-state index contributed by atoms with van der Waals surface area (Å²) in [7, 11) is 6.13. The standard InChI is InChI=1S/C28H33N3O6/c1-34-23-11-9-20(16-25(23)36-3)27(32)30-22-8-5-7-19(15-22)18-31(14-6-13-29)28(33)21-10-12-24(35-2)26(17-21)37-4/h5,7-12,15-17H,6,13-14,18,29H2,1-4H3,(H,30,32). The van der Waals surface area contributed by atoms with Crippen LogP contribution in [-0.4, -0.2) is 58.2 Å². The molecule has 0 saturated heterocycles. The van der Waals surface area contributed by atoms with Gasteiger partial charge in [-0.3, -0.25) is 9.59 Å². The van der Waals surface area contributed by atoms with Crippen LogP contribution >= 0.6 is 0 Å². The van der Waals surface area contributed by atoms with Crippen molar-refractivity contribution < 1.29 is 28.5 Å². The number of nitrogens with two attached hydrogens (primary N) is 1. The number of amides is 2. The largest absolute Gasteiger partial charge is 0.493 e. The molecule has 0 aliphatic carbocycles. The Morgan fingerprint density at radius 1 is 0.784 bits per heavy atom. The van der Waals surface area contributed by atoms with E-state index < -0.39 is 0 Å². The van der Waals surface area contributed by atoms with Gasteiger partial charge in [-0.15, -0.1) is 0 Å². The molecule has 196 valence electrons. The van der Waals surface area contributed by atoms with Crippen LogP contribution in [0.15, 0.2) is 60.7 Å². The molecule has 0 aromatic heterocycles. The highest BCUT2D eigenvalue weighted by molar-refractivity contribution is 6.04. The fourth-order valence-corrected chi connectivity index (χ4v) is 3.83. The Kier molecular flexibility index (Phi) is 9.74. The lowest BCUT2D eigenvalue weighted by Crippen LogP contribution is -2.32. The number of benzene rings is 3. The van der Waals surface area contributed by atoms with Crippen LogP contribution in [0.3, 0.4) is 0 Å². The first-order chi connectivity index (χ1) is 17.9. The quantitative estimate of drug-likeness (QED) is 0.382. The van der Waals surface area contributed by atoms with E-state index in [1.165, 1.54) is 21.3 Å². The lowest BCUT2D eigenvalue weighted by atomic mass is 10.1. The highest BCUT2D eigenvalue weighted by Gasteiger charge is 2.19. The van der Waals surface area contributed by atoms with E-state index in [0.29, 0.717) is 65.9 Å². The second-order valence-corrected chi connectivity index (χ2v) is 8.16. The van der Waals surface area contributed by atoms with Crippen molar-refractivity contribution >= 4 is 17.5 Å². The van der Waals surface area contributed by atoms with Crippen LogP contribution in [0.1, 0.15) is 32.7 Å². The summed E-state index contributed by atoms with van der Waals surface area (Å²) in [5.41, 5.74) is 8.10. The normalized spacial score (nSPS) is 10.4. The summed E-state index contributed by atoms with van der Waals surface area (Å²) in [5.74, 6) is 1.58. The molecule has 3 rings (SSSR count). The molecule has 0 heterocycles. The highest BCUT2D eigenvalue weighted by Crippen LogP contribution is 2.29. The van der Waals surface area contributed by atoms with Crippen molar-refractivity contribution in [1.82, 2.24) is 4.90 Å². The fourth-order valence-electron chi connectivity index (χ4n) is 3.83. The summed E-state index contributed by atoms with van der Waals surface area (Å²) in [4.78, 5) is 28.0. The molecule has 0 fully saturated rings. The molecule has 0 aliphatic rings. The minimum absolute atomic E-state index is 0.158. The lowest BCUT2D eigenvalue weighted by Gasteiger charge is -2.23. The molecular formula is C28H33N3O6. The SMILES string of the molecule is COc1ccc(C(=O)Nc2cccc(CN(CCCN)C(=O)c3ccc(OC)c(OC)c3)c2)cc1OC. The molecule has 0 spiro atoms. The molecule has 3 aromatic carbocycles. The molecule has 0 aliphatic heterocycles. The summed E-state index contributed by atoms with van der Waals surface area (Å²) >= 11 is 0. The second kappa shape index (κ2) is 13.2. The Bertz CT molecular complexity index is 1230. The van der Waals surface area contributed by atoms with Crippen molar-refractivity contribution in [2.24, 2.45) is 5.73 Å². The van der Waals surface area contributed by atoms with Crippen LogP contribution in [0.25, 0.3) is 0 Å². The van der Waals surface area contributed by atoms with Crippen LogP contribution in [0.5, 0.6) is 23.0 Å². The third-order valence-corrected chi connectivity index (χ3v) is 5.75. The number of hydrogen-bond acceptors (Lipinski definition) is 7. The van der Waals surface area contributed by atoms with E-state index in [4.69, 9.17) is 24.7 Å². The van der Waals surface area contributed by atoms with Gasteiger partial charge in [-0.2, -0.15) is 0 Å². The van der Waals surface area contributed by atoms with E-state index in [1.54, 1.807) is 54.5 Å². The lowest BCUT2D eigenvalue weighted by molar-refractivity contribution is 0.0741. The summed E-state index contributed by atoms with van der Waals surface area (Å²) < 4.78 is 21.2. The van der Waals surface area contributed by atoms with E-state index in [1.807, 2.05) is 18.2 Å². The predicted octanol–water partition coefficient (Wildman–Crippen LogP) is 3.96. The monoisotopic (exact) mass is 507 g/mol. The molecular weight excluding hydrogens is 474 g/mol. The van der Waals surface area contributed by atoms with Gasteiger partial charge < -0.3 is 34.9 Å². The fraction of sp³-hybridized carbons (Fsp3) is 0.286. The predicted molar refractivity (Wildman–Crippen MR) is 142 cm³/mol. The molecule has 0 bridgehead atoms. The average Bonchev–Trinajstić information content (AvgIpc) is 2.94. The van der Waals surface area contributed by atoms with E-state index in [9.17, 15) is 9.59 Å². The summed E-state index contributed by atoms with van der Waals surface area (Å²) in [6.07, 6.45) is 0.648. The molecule has 9 nitrogen and oxygen atoms in total. The Balaban J connectivity index is 1.78. The summed E-state index contributed by atoms with van der Waals surface area (Å²) in [5, 5.41) is 2.90. The molecule has 3 aromatic rings. The van der Waals surface area contributed by atoms with Crippen LogP contribution in [-0.2, 0) is 6.54 Å². The van der Waals surface area contributed by atoms with Gasteiger partial charge in [-0.25, -0.2) is 0 Å². The van der Waals surface area contributed by atoms with Crippen molar-refractivity contribution in [2.75, 3.05) is 46.8 Å². The molecule has 0 unspecified atom stereocenters. The number of nitrogens with one attached hydrogen (secondary N) is 1. The third kappa shape index (κ3) is 6.92. The van der Waals surface area contributed by atoms with E-state index in [0.717, 1.165) is 5.56 Å². The van der Waals surface area contributed by atoms with Crippen molar-refractivity contribution in [3.05, 3.63) is 77.4 Å². The van der Waals surface area contributed by atoms with Crippen LogP contribution in [0.2, 0.25) is 0 Å². The number of carbonyl (C=O) groups excluding carboxylic acids is 2. The third-order valence-electron chi connectivity index (χ3n) is 5.75. The van der Waals surface area contributed by atoms with Crippen LogP contribution in [0.4, 0.5) is 5.69 Å². The topological polar surface area (TPSA) is 112 Å². The number of anilines is 1. The molecule has 37 heavy (non-hydrogen) atoms. The van der Waals surface area contributed by atoms with Crippen molar-refractivity contribution in [1.29, 1.82) is 0 Å². The first-order valence-electron chi connectivity index (χ1n) is 11.8. The van der Waals surface area contributed by atoms with Crippen LogP contribution in [0, 0.1) is 0 Å². The number of ether oxygens (including phenoxy) is 4. The van der Waals surface area contributed by atoms with Gasteiger partial charge in [-0.05, 0) is 67.1 Å². The zero-order chi connectivity index (χ0) is 26.8. The highest BCUT2D eigenvalue weighted by atomic mass is 16.5. The number of hydrogen-bond donors (Lipinski definition) is 2. The molecule has 0 atom stereocenters. The van der Waals surface area contributed by atoms with Gasteiger partial charge in [-0.1, -0.05) is 12.1 Å². The number of carbonyl (C=O) groups is 2. The van der Waals surface area contributed by atoms with E-state index in [2.05, 4.69) is 5.32 Å². The number of nitrogens with zero attached hydrogens (tertiary/aromatic N) is 1. The first kappa shape index (κ1) is 27.3. The van der Waals surface area contributed by atoms with Gasteiger partial charge in [0, 0.05) is 29.9 Å². The van der Waals surface area contributed by atoms with Gasteiger partial charge in [0.05, 0.1) is 28.4 Å². The Morgan fingerprint density at radius 2 is 1.38 bits per heavy atom. The van der Waals surface area contributed by atoms with Gasteiger partial charge >= 0.3 is 0 Å². The van der Waals surface area contributed by atoms with Gasteiger partial charge in [0.2, 0.25) is 0 Å². The zero-order valence-corrected chi connectivity index (χ0v) is 21.6. The molecule has 0 radical (unpaired) electrons. The van der Waals surface area contributed by atoms with Gasteiger partial charge in [0.1, 0.15) is 0 Å². The number of rotatable bonds is 12. The van der Waals surface area contributed by atoms with Gasteiger partial charge in [0.15, 0.2) is 23.0 Å². The Morgan fingerprint density at radius 3 is 1.97 bits per heavy atom. The van der Waals surface area contributed by atoms with Crippen molar-refractivity contribution in [3.8, 4) is 23.0 Å². The Labute approximate surface area is 217 Å². The smallest absolute Gasteiger partial charge is 0.255 e. The minimum atomic E-state index is -0.292. The molecule has 2 amide bonds. The number of methoxy groups -OCH3 is 4. The summed E-state index contributed by atoms with van der Waals surface area (Å²) in [6.45, 7) is 1.27.